The largest absolute Gasteiger partial charge is 0.466 e. The molecule has 1 saturated carbocycles. The second kappa shape index (κ2) is 4.28. The average Bonchev–Trinajstić information content (AvgIpc) is 2.73. The van der Waals surface area contributed by atoms with E-state index < -0.39 is 0 Å². The van der Waals surface area contributed by atoms with E-state index in [1.165, 1.54) is 6.42 Å². The predicted octanol–water partition coefficient (Wildman–Crippen LogP) is -0.110. The molecule has 2 aliphatic heterocycles. The summed E-state index contributed by atoms with van der Waals surface area (Å²) >= 11 is 0. The van der Waals surface area contributed by atoms with Crippen LogP contribution in [-0.2, 0) is 9.53 Å². The summed E-state index contributed by atoms with van der Waals surface area (Å²) in [5.41, 5.74) is 0. The van der Waals surface area contributed by atoms with E-state index in [-0.39, 0.29) is 5.97 Å². The van der Waals surface area contributed by atoms with Gasteiger partial charge in [0.1, 0.15) is 0 Å². The Morgan fingerprint density at radius 2 is 2.50 bits per heavy atom. The van der Waals surface area contributed by atoms with Crippen molar-refractivity contribution in [1.82, 2.24) is 10.6 Å². The number of ether oxygens (including phenoxy) is 1. The first-order valence-electron chi connectivity index (χ1n) is 5.43. The first-order chi connectivity index (χ1) is 6.81. The van der Waals surface area contributed by atoms with E-state index in [1.54, 1.807) is 0 Å². The van der Waals surface area contributed by atoms with Gasteiger partial charge in [-0.2, -0.15) is 0 Å². The molecular weight excluding hydrogens is 180 g/mol. The molecule has 3 aliphatic rings. The van der Waals surface area contributed by atoms with E-state index in [1.807, 2.05) is 6.92 Å². The van der Waals surface area contributed by atoms with Gasteiger partial charge in [-0.1, -0.05) is 0 Å². The molecule has 0 aromatic carbocycles. The highest BCUT2D eigenvalue weighted by molar-refractivity contribution is 5.69. The molecule has 0 amide bonds. The van der Waals surface area contributed by atoms with Crippen molar-refractivity contribution in [3.05, 3.63) is 0 Å². The Bertz CT molecular complexity index is 206. The highest BCUT2D eigenvalue weighted by atomic mass is 16.5. The van der Waals surface area contributed by atoms with Crippen molar-refractivity contribution in [2.24, 2.45) is 5.92 Å². The minimum atomic E-state index is -0.0976. The van der Waals surface area contributed by atoms with Crippen molar-refractivity contribution in [3.8, 4) is 0 Å². The Kier molecular flexibility index (Phi) is 3.03. The Morgan fingerprint density at radius 3 is 3.07 bits per heavy atom. The predicted molar refractivity (Wildman–Crippen MR) is 52.9 cm³/mol. The number of esters is 1. The van der Waals surface area contributed by atoms with Crippen LogP contribution in [0.5, 0.6) is 0 Å². The van der Waals surface area contributed by atoms with E-state index in [4.69, 9.17) is 4.74 Å². The smallest absolute Gasteiger partial charge is 0.307 e. The van der Waals surface area contributed by atoms with Gasteiger partial charge in [-0.25, -0.2) is 0 Å². The molecule has 3 fully saturated rings. The quantitative estimate of drug-likeness (QED) is 0.605. The highest BCUT2D eigenvalue weighted by Gasteiger charge is 2.45. The lowest BCUT2D eigenvalue weighted by Gasteiger charge is -2.35. The van der Waals surface area contributed by atoms with Gasteiger partial charge in [0, 0.05) is 18.6 Å². The molecule has 2 N–H and O–H groups in total. The number of carbonyl (C=O) groups excluding carboxylic acids is 1. The number of carbonyl (C=O) groups is 1. The maximum atomic E-state index is 11.0. The maximum absolute atomic E-state index is 11.0. The fourth-order valence-corrected chi connectivity index (χ4v) is 2.36. The molecule has 3 atom stereocenters. The SMILES string of the molecule is CCOC(=O)CCNC1C2CNC1C2. The summed E-state index contributed by atoms with van der Waals surface area (Å²) in [6.45, 7) is 4.20. The lowest BCUT2D eigenvalue weighted by atomic mass is 9.80. The molecule has 4 heteroatoms. The van der Waals surface area contributed by atoms with Crippen molar-refractivity contribution in [2.75, 3.05) is 19.7 Å². The van der Waals surface area contributed by atoms with Gasteiger partial charge in [-0.15, -0.1) is 0 Å². The molecule has 14 heavy (non-hydrogen) atoms. The van der Waals surface area contributed by atoms with E-state index in [0.29, 0.717) is 25.1 Å². The Labute approximate surface area is 84.4 Å². The van der Waals surface area contributed by atoms with Crippen LogP contribution in [0.4, 0.5) is 0 Å². The van der Waals surface area contributed by atoms with E-state index >= 15 is 0 Å². The molecule has 3 rings (SSSR count). The number of rotatable bonds is 5. The third-order valence-electron chi connectivity index (χ3n) is 3.15. The van der Waals surface area contributed by atoms with Crippen molar-refractivity contribution in [1.29, 1.82) is 0 Å². The minimum absolute atomic E-state index is 0.0976. The lowest BCUT2D eigenvalue weighted by molar-refractivity contribution is -0.143. The van der Waals surface area contributed by atoms with Crippen LogP contribution in [-0.4, -0.2) is 37.7 Å². The summed E-state index contributed by atoms with van der Waals surface area (Å²) in [6, 6.07) is 1.26. The Hall–Kier alpha value is -0.610. The zero-order chi connectivity index (χ0) is 9.97. The lowest BCUT2D eigenvalue weighted by Crippen LogP contribution is -2.52. The monoisotopic (exact) mass is 198 g/mol. The first kappa shape index (κ1) is 9.93. The van der Waals surface area contributed by atoms with Gasteiger partial charge in [0.05, 0.1) is 13.0 Å². The second-order valence-corrected chi connectivity index (χ2v) is 4.05. The summed E-state index contributed by atoms with van der Waals surface area (Å²) in [5, 5.41) is 6.84. The summed E-state index contributed by atoms with van der Waals surface area (Å²) in [6.07, 6.45) is 1.79. The van der Waals surface area contributed by atoms with Crippen molar-refractivity contribution in [2.45, 2.75) is 31.8 Å². The zero-order valence-electron chi connectivity index (χ0n) is 8.58. The Morgan fingerprint density at radius 1 is 1.64 bits per heavy atom. The molecular formula is C10H18N2O2. The van der Waals surface area contributed by atoms with Gasteiger partial charge in [0.2, 0.25) is 0 Å². The van der Waals surface area contributed by atoms with E-state index in [9.17, 15) is 4.79 Å². The van der Waals surface area contributed by atoms with Crippen LogP contribution in [0.3, 0.4) is 0 Å². The van der Waals surface area contributed by atoms with Crippen molar-refractivity contribution in [3.63, 3.8) is 0 Å². The number of hydrogen-bond acceptors (Lipinski definition) is 4. The fourth-order valence-electron chi connectivity index (χ4n) is 2.36. The van der Waals surface area contributed by atoms with Crippen LogP contribution >= 0.6 is 0 Å². The number of hydrogen-bond donors (Lipinski definition) is 2. The van der Waals surface area contributed by atoms with Gasteiger partial charge in [-0.05, 0) is 25.8 Å². The summed E-state index contributed by atoms with van der Waals surface area (Å²) < 4.78 is 4.85. The average molecular weight is 198 g/mol. The normalized spacial score (nSPS) is 33.9. The molecule has 0 aromatic rings. The van der Waals surface area contributed by atoms with Crippen LogP contribution < -0.4 is 10.6 Å². The molecule has 2 saturated heterocycles. The standard InChI is InChI=1S/C10H18N2O2/c1-2-14-9(13)3-4-11-10-7-5-8(10)12-6-7/h7-8,10-12H,2-6H2,1H3. The van der Waals surface area contributed by atoms with Gasteiger partial charge >= 0.3 is 5.97 Å². The molecule has 2 bridgehead atoms. The molecule has 80 valence electrons. The molecule has 4 nitrogen and oxygen atoms in total. The highest BCUT2D eigenvalue weighted by Crippen LogP contribution is 2.33. The van der Waals surface area contributed by atoms with Crippen molar-refractivity contribution >= 4 is 5.97 Å². The number of nitrogens with one attached hydrogen (secondary N) is 2. The van der Waals surface area contributed by atoms with Crippen LogP contribution in [0.15, 0.2) is 0 Å². The van der Waals surface area contributed by atoms with Crippen molar-refractivity contribution < 1.29 is 9.53 Å². The van der Waals surface area contributed by atoms with Crippen LogP contribution in [0, 0.1) is 5.92 Å². The van der Waals surface area contributed by atoms with Gasteiger partial charge < -0.3 is 15.4 Å². The summed E-state index contributed by atoms with van der Waals surface area (Å²) in [7, 11) is 0. The third-order valence-corrected chi connectivity index (χ3v) is 3.15. The fraction of sp³-hybridized carbons (Fsp3) is 0.900. The summed E-state index contributed by atoms with van der Waals surface area (Å²) in [5.74, 6) is 0.696. The zero-order valence-corrected chi connectivity index (χ0v) is 8.58. The topological polar surface area (TPSA) is 50.4 Å². The first-order valence-corrected chi connectivity index (χ1v) is 5.43. The van der Waals surface area contributed by atoms with Gasteiger partial charge in [0.25, 0.3) is 0 Å². The van der Waals surface area contributed by atoms with E-state index in [0.717, 1.165) is 19.0 Å². The molecule has 0 radical (unpaired) electrons. The number of fused-ring (bicyclic) bond motifs is 1. The van der Waals surface area contributed by atoms with Crippen LogP contribution in [0.1, 0.15) is 19.8 Å². The van der Waals surface area contributed by atoms with Crippen LogP contribution in [0.25, 0.3) is 0 Å². The molecule has 2 heterocycles. The minimum Gasteiger partial charge on any atom is -0.466 e. The van der Waals surface area contributed by atoms with E-state index in [2.05, 4.69) is 10.6 Å². The maximum Gasteiger partial charge on any atom is 0.307 e. The summed E-state index contributed by atoms with van der Waals surface area (Å²) in [4.78, 5) is 11.0. The molecule has 1 aliphatic carbocycles. The van der Waals surface area contributed by atoms with Gasteiger partial charge in [0.15, 0.2) is 0 Å². The van der Waals surface area contributed by atoms with Crippen LogP contribution in [0.2, 0.25) is 0 Å². The molecule has 0 spiro atoms. The molecule has 0 aromatic heterocycles. The molecule has 3 unspecified atom stereocenters. The second-order valence-electron chi connectivity index (χ2n) is 4.05. The Balaban J connectivity index is 1.57. The third kappa shape index (κ3) is 1.91. The van der Waals surface area contributed by atoms with Gasteiger partial charge in [-0.3, -0.25) is 4.79 Å².